The topological polar surface area (TPSA) is 54.3 Å². The third kappa shape index (κ3) is 4.33. The molecule has 1 saturated heterocycles. The Morgan fingerprint density at radius 2 is 2.00 bits per heavy atom. The second-order valence-corrected chi connectivity index (χ2v) is 6.83. The minimum atomic E-state index is -0.0277. The van der Waals surface area contributed by atoms with Gasteiger partial charge in [0.15, 0.2) is 0 Å². The van der Waals surface area contributed by atoms with Crippen LogP contribution < -0.4 is 10.2 Å². The summed E-state index contributed by atoms with van der Waals surface area (Å²) in [5.41, 5.74) is 0.917. The van der Waals surface area contributed by atoms with Gasteiger partial charge in [0.1, 0.15) is 6.54 Å². The van der Waals surface area contributed by atoms with Crippen LogP contribution in [0.2, 0.25) is 0 Å². The number of amides is 1. The number of aromatic nitrogens is 1. The largest absolute Gasteiger partial charge is 0.338 e. The summed E-state index contributed by atoms with van der Waals surface area (Å²) < 4.78 is 1.62. The molecule has 0 bridgehead atoms. The van der Waals surface area contributed by atoms with Gasteiger partial charge in [-0.05, 0) is 46.2 Å². The molecule has 7 heteroatoms. The second-order valence-electron chi connectivity index (χ2n) is 5.66. The fraction of sp³-hybridized carbons (Fsp3) is 0.733. The number of carbonyl (C=O) groups excluding carboxylic acids is 1. The molecule has 0 radical (unpaired) electrons. The molecule has 1 aromatic rings. The van der Waals surface area contributed by atoms with E-state index in [9.17, 15) is 9.59 Å². The van der Waals surface area contributed by atoms with Crippen LogP contribution in [-0.2, 0) is 11.3 Å². The van der Waals surface area contributed by atoms with Crippen molar-refractivity contribution < 1.29 is 4.79 Å². The first-order valence-electron chi connectivity index (χ1n) is 7.71. The molecule has 0 saturated carbocycles. The molecule has 0 aliphatic carbocycles. The van der Waals surface area contributed by atoms with Crippen LogP contribution >= 0.6 is 23.7 Å². The summed E-state index contributed by atoms with van der Waals surface area (Å²) >= 11 is 1.23. The maximum atomic E-state index is 12.7. The van der Waals surface area contributed by atoms with Crippen LogP contribution in [0, 0.1) is 13.8 Å². The van der Waals surface area contributed by atoms with Crippen molar-refractivity contribution in [2.45, 2.75) is 52.6 Å². The number of aryl methyl sites for hydroxylation is 1. The van der Waals surface area contributed by atoms with Gasteiger partial charge in [-0.1, -0.05) is 18.3 Å². The van der Waals surface area contributed by atoms with Gasteiger partial charge in [-0.25, -0.2) is 0 Å². The molecular weight excluding hydrogens is 322 g/mol. The molecule has 1 aliphatic heterocycles. The van der Waals surface area contributed by atoms with Crippen LogP contribution in [-0.4, -0.2) is 41.1 Å². The average Bonchev–Trinajstić information content (AvgIpc) is 2.72. The molecular formula is C15H26ClN3O2S. The molecule has 1 N–H and O–H groups in total. The Labute approximate surface area is 142 Å². The van der Waals surface area contributed by atoms with E-state index in [1.54, 1.807) is 4.57 Å². The van der Waals surface area contributed by atoms with Gasteiger partial charge in [0.05, 0.1) is 0 Å². The summed E-state index contributed by atoms with van der Waals surface area (Å²) in [6.07, 6.45) is 2.96. The minimum absolute atomic E-state index is 0. The van der Waals surface area contributed by atoms with Crippen LogP contribution in [0.5, 0.6) is 0 Å². The van der Waals surface area contributed by atoms with Gasteiger partial charge in [-0.3, -0.25) is 14.2 Å². The molecule has 2 rings (SSSR count). The van der Waals surface area contributed by atoms with E-state index in [0.29, 0.717) is 6.04 Å². The van der Waals surface area contributed by atoms with Gasteiger partial charge in [0, 0.05) is 23.2 Å². The van der Waals surface area contributed by atoms with Crippen molar-refractivity contribution >= 4 is 29.7 Å². The maximum Gasteiger partial charge on any atom is 0.308 e. The monoisotopic (exact) mass is 347 g/mol. The summed E-state index contributed by atoms with van der Waals surface area (Å²) in [5.74, 6) is 0.0757. The van der Waals surface area contributed by atoms with Gasteiger partial charge >= 0.3 is 4.87 Å². The SMILES string of the molecule is CCCN(C(=O)Cn1c(C)c(C)sc1=O)C1CCNCC1.Cl. The lowest BCUT2D eigenvalue weighted by atomic mass is 10.0. The first-order chi connectivity index (χ1) is 10.0. The zero-order valence-corrected chi connectivity index (χ0v) is 15.2. The molecule has 0 atom stereocenters. The van der Waals surface area contributed by atoms with Crippen molar-refractivity contribution in [1.82, 2.24) is 14.8 Å². The zero-order chi connectivity index (χ0) is 15.4. The Bertz CT molecular complexity index is 549. The molecule has 1 fully saturated rings. The number of nitrogens with one attached hydrogen (secondary N) is 1. The molecule has 0 aromatic carbocycles. The maximum absolute atomic E-state index is 12.7. The third-order valence-electron chi connectivity index (χ3n) is 4.20. The number of halogens is 1. The number of nitrogens with zero attached hydrogens (tertiary/aromatic N) is 2. The van der Waals surface area contributed by atoms with Crippen LogP contribution in [0.15, 0.2) is 4.79 Å². The van der Waals surface area contributed by atoms with E-state index in [1.807, 2.05) is 18.7 Å². The van der Waals surface area contributed by atoms with E-state index < -0.39 is 0 Å². The Morgan fingerprint density at radius 3 is 2.50 bits per heavy atom. The van der Waals surface area contributed by atoms with Gasteiger partial charge in [0.2, 0.25) is 5.91 Å². The van der Waals surface area contributed by atoms with Gasteiger partial charge < -0.3 is 10.2 Å². The van der Waals surface area contributed by atoms with E-state index in [0.717, 1.165) is 49.5 Å². The molecule has 0 spiro atoms. The summed E-state index contributed by atoms with van der Waals surface area (Å²) in [6, 6.07) is 0.314. The Hall–Kier alpha value is -0.850. The minimum Gasteiger partial charge on any atom is -0.338 e. The smallest absolute Gasteiger partial charge is 0.308 e. The van der Waals surface area contributed by atoms with Crippen molar-refractivity contribution in [1.29, 1.82) is 0 Å². The lowest BCUT2D eigenvalue weighted by Crippen LogP contribution is -2.48. The predicted molar refractivity (Wildman–Crippen MR) is 93.2 cm³/mol. The molecule has 5 nitrogen and oxygen atoms in total. The number of rotatable bonds is 5. The number of hydrogen-bond donors (Lipinski definition) is 1. The molecule has 2 heterocycles. The van der Waals surface area contributed by atoms with Crippen molar-refractivity contribution in [2.75, 3.05) is 19.6 Å². The zero-order valence-electron chi connectivity index (χ0n) is 13.6. The van der Waals surface area contributed by atoms with Gasteiger partial charge in [-0.2, -0.15) is 0 Å². The molecule has 22 heavy (non-hydrogen) atoms. The first kappa shape index (κ1) is 19.2. The Balaban J connectivity index is 0.00000242. The third-order valence-corrected chi connectivity index (χ3v) is 5.20. The highest BCUT2D eigenvalue weighted by Gasteiger charge is 2.25. The number of hydrogen-bond acceptors (Lipinski definition) is 4. The van der Waals surface area contributed by atoms with E-state index in [1.165, 1.54) is 11.3 Å². The molecule has 0 unspecified atom stereocenters. The molecule has 126 valence electrons. The highest BCUT2D eigenvalue weighted by atomic mass is 35.5. The van der Waals surface area contributed by atoms with Crippen LogP contribution in [0.4, 0.5) is 0 Å². The van der Waals surface area contributed by atoms with Crippen LogP contribution in [0.25, 0.3) is 0 Å². The van der Waals surface area contributed by atoms with Gasteiger partial charge in [0.25, 0.3) is 0 Å². The summed E-state index contributed by atoms with van der Waals surface area (Å²) in [5, 5.41) is 3.33. The van der Waals surface area contributed by atoms with Crippen molar-refractivity contribution in [3.63, 3.8) is 0 Å². The van der Waals surface area contributed by atoms with Crippen molar-refractivity contribution in [3.8, 4) is 0 Å². The average molecular weight is 348 g/mol. The first-order valence-corrected chi connectivity index (χ1v) is 8.53. The van der Waals surface area contributed by atoms with Crippen molar-refractivity contribution in [2.24, 2.45) is 0 Å². The quantitative estimate of drug-likeness (QED) is 0.885. The van der Waals surface area contributed by atoms with Crippen LogP contribution in [0.1, 0.15) is 36.8 Å². The standard InChI is InChI=1S/C15H25N3O2S.ClH/c1-4-9-17(13-5-7-16-8-6-13)14(19)10-18-11(2)12(3)21-15(18)20;/h13,16H,4-10H2,1-3H3;1H. The van der Waals surface area contributed by atoms with E-state index in [4.69, 9.17) is 0 Å². The lowest BCUT2D eigenvalue weighted by molar-refractivity contribution is -0.134. The molecule has 1 aromatic heterocycles. The number of thiazole rings is 1. The summed E-state index contributed by atoms with van der Waals surface area (Å²) in [6.45, 7) is 8.82. The summed E-state index contributed by atoms with van der Waals surface area (Å²) in [4.78, 5) is 27.6. The second kappa shape index (κ2) is 8.70. The van der Waals surface area contributed by atoms with Crippen molar-refractivity contribution in [3.05, 3.63) is 20.2 Å². The normalized spacial score (nSPS) is 15.4. The van der Waals surface area contributed by atoms with E-state index in [-0.39, 0.29) is 29.7 Å². The van der Waals surface area contributed by atoms with E-state index in [2.05, 4.69) is 12.2 Å². The number of piperidine rings is 1. The Morgan fingerprint density at radius 1 is 1.36 bits per heavy atom. The Kier molecular flexibility index (Phi) is 7.59. The van der Waals surface area contributed by atoms with Gasteiger partial charge in [-0.15, -0.1) is 12.4 Å². The number of carbonyl (C=O) groups is 1. The lowest BCUT2D eigenvalue weighted by Gasteiger charge is -2.34. The highest BCUT2D eigenvalue weighted by molar-refractivity contribution is 7.09. The molecule has 1 amide bonds. The fourth-order valence-corrected chi connectivity index (χ4v) is 3.70. The van der Waals surface area contributed by atoms with E-state index >= 15 is 0 Å². The van der Waals surface area contributed by atoms with Crippen LogP contribution in [0.3, 0.4) is 0 Å². The summed E-state index contributed by atoms with van der Waals surface area (Å²) in [7, 11) is 0. The highest BCUT2D eigenvalue weighted by Crippen LogP contribution is 2.15. The molecule has 1 aliphatic rings. The predicted octanol–water partition coefficient (Wildman–Crippen LogP) is 1.94. The fourth-order valence-electron chi connectivity index (χ4n) is 2.87.